The van der Waals surface area contributed by atoms with Crippen LogP contribution in [0.25, 0.3) is 0 Å². The van der Waals surface area contributed by atoms with E-state index in [2.05, 4.69) is 10.3 Å². The summed E-state index contributed by atoms with van der Waals surface area (Å²) in [6, 6.07) is 4.98. The van der Waals surface area contributed by atoms with Crippen molar-refractivity contribution in [3.8, 4) is 0 Å². The number of methoxy groups -OCH3 is 1. The van der Waals surface area contributed by atoms with E-state index in [0.717, 1.165) is 5.56 Å². The SMILES string of the molecule is COC(=O)c1cc(N)cnc1Nc1c(Cl)ccc(C)c1Cl. The Hall–Kier alpha value is -1.98. The van der Waals surface area contributed by atoms with Crippen molar-refractivity contribution in [2.45, 2.75) is 6.92 Å². The van der Waals surface area contributed by atoms with E-state index >= 15 is 0 Å². The molecular weight excluding hydrogens is 313 g/mol. The Balaban J connectivity index is 2.50. The van der Waals surface area contributed by atoms with Crippen molar-refractivity contribution in [2.75, 3.05) is 18.2 Å². The van der Waals surface area contributed by atoms with Crippen molar-refractivity contribution in [1.82, 2.24) is 4.98 Å². The van der Waals surface area contributed by atoms with Gasteiger partial charge < -0.3 is 15.8 Å². The van der Waals surface area contributed by atoms with Crippen LogP contribution >= 0.6 is 23.2 Å². The van der Waals surface area contributed by atoms with E-state index in [4.69, 9.17) is 33.7 Å². The minimum atomic E-state index is -0.558. The number of ether oxygens (including phenoxy) is 1. The molecule has 0 saturated heterocycles. The summed E-state index contributed by atoms with van der Waals surface area (Å²) < 4.78 is 4.71. The van der Waals surface area contributed by atoms with E-state index in [1.165, 1.54) is 19.4 Å². The fourth-order valence-corrected chi connectivity index (χ4v) is 2.20. The molecule has 3 N–H and O–H groups in total. The van der Waals surface area contributed by atoms with Gasteiger partial charge in [-0.25, -0.2) is 9.78 Å². The van der Waals surface area contributed by atoms with Crippen molar-refractivity contribution >= 4 is 46.4 Å². The third-order valence-electron chi connectivity index (χ3n) is 2.84. The standard InChI is InChI=1S/C14H13Cl2N3O2/c1-7-3-4-10(15)12(11(7)16)19-13-9(14(20)21-2)5-8(17)6-18-13/h3-6H,17H2,1-2H3,(H,18,19). The summed E-state index contributed by atoms with van der Waals surface area (Å²) in [6.45, 7) is 1.85. The van der Waals surface area contributed by atoms with Gasteiger partial charge in [-0.1, -0.05) is 29.3 Å². The second kappa shape index (κ2) is 6.20. The predicted octanol–water partition coefficient (Wildman–Crippen LogP) is 3.81. The van der Waals surface area contributed by atoms with Gasteiger partial charge in [0.15, 0.2) is 0 Å². The number of pyridine rings is 1. The molecule has 110 valence electrons. The summed E-state index contributed by atoms with van der Waals surface area (Å²) in [4.78, 5) is 15.9. The van der Waals surface area contributed by atoms with Crippen LogP contribution in [0.4, 0.5) is 17.2 Å². The number of halogens is 2. The van der Waals surface area contributed by atoms with Gasteiger partial charge in [0.2, 0.25) is 0 Å². The van der Waals surface area contributed by atoms with Gasteiger partial charge in [-0.05, 0) is 24.6 Å². The quantitative estimate of drug-likeness (QED) is 0.839. The molecule has 1 heterocycles. The number of aryl methyl sites for hydroxylation is 1. The van der Waals surface area contributed by atoms with Crippen molar-refractivity contribution in [3.63, 3.8) is 0 Å². The number of nitrogens with one attached hydrogen (secondary N) is 1. The second-order valence-electron chi connectivity index (χ2n) is 4.33. The van der Waals surface area contributed by atoms with Gasteiger partial charge >= 0.3 is 5.97 Å². The molecule has 2 aromatic rings. The van der Waals surface area contributed by atoms with Crippen molar-refractivity contribution in [2.24, 2.45) is 0 Å². The van der Waals surface area contributed by atoms with E-state index in [0.29, 0.717) is 21.4 Å². The smallest absolute Gasteiger partial charge is 0.341 e. The number of esters is 1. The maximum atomic E-state index is 11.8. The number of nitrogen functional groups attached to an aromatic ring is 1. The highest BCUT2D eigenvalue weighted by molar-refractivity contribution is 6.39. The van der Waals surface area contributed by atoms with Gasteiger partial charge in [0, 0.05) is 0 Å². The molecule has 0 aliphatic rings. The zero-order chi connectivity index (χ0) is 15.6. The molecule has 0 radical (unpaired) electrons. The molecule has 0 fully saturated rings. The highest BCUT2D eigenvalue weighted by atomic mass is 35.5. The van der Waals surface area contributed by atoms with Crippen LogP contribution < -0.4 is 11.1 Å². The summed E-state index contributed by atoms with van der Waals surface area (Å²) in [6.07, 6.45) is 1.42. The van der Waals surface area contributed by atoms with Crippen LogP contribution in [0, 0.1) is 6.92 Å². The third-order valence-corrected chi connectivity index (χ3v) is 3.64. The molecule has 7 heteroatoms. The minimum absolute atomic E-state index is 0.200. The Morgan fingerprint density at radius 2 is 2.10 bits per heavy atom. The number of benzene rings is 1. The van der Waals surface area contributed by atoms with E-state index in [1.54, 1.807) is 12.1 Å². The topological polar surface area (TPSA) is 77.2 Å². The van der Waals surface area contributed by atoms with Crippen LogP contribution in [0.5, 0.6) is 0 Å². The number of carbonyl (C=O) groups excluding carboxylic acids is 1. The number of aromatic nitrogens is 1. The normalized spacial score (nSPS) is 10.3. The average Bonchev–Trinajstić information content (AvgIpc) is 2.48. The molecule has 0 aliphatic heterocycles. The molecule has 5 nitrogen and oxygen atoms in total. The maximum Gasteiger partial charge on any atom is 0.341 e. The Bertz CT molecular complexity index is 705. The molecule has 0 spiro atoms. The van der Waals surface area contributed by atoms with E-state index in [1.807, 2.05) is 6.92 Å². The van der Waals surface area contributed by atoms with Crippen molar-refractivity contribution in [1.29, 1.82) is 0 Å². The highest BCUT2D eigenvalue weighted by Crippen LogP contribution is 2.35. The molecule has 1 aromatic carbocycles. The van der Waals surface area contributed by atoms with Gasteiger partial charge in [-0.3, -0.25) is 0 Å². The fourth-order valence-electron chi connectivity index (χ4n) is 1.74. The van der Waals surface area contributed by atoms with E-state index in [-0.39, 0.29) is 11.4 Å². The number of nitrogens with two attached hydrogens (primary N) is 1. The first-order chi connectivity index (χ1) is 9.93. The first kappa shape index (κ1) is 15.4. The highest BCUT2D eigenvalue weighted by Gasteiger charge is 2.17. The summed E-state index contributed by atoms with van der Waals surface area (Å²) in [5.41, 5.74) is 7.52. The molecule has 0 amide bonds. The lowest BCUT2D eigenvalue weighted by Gasteiger charge is -2.14. The molecule has 0 aliphatic carbocycles. The first-order valence-corrected chi connectivity index (χ1v) is 6.75. The second-order valence-corrected chi connectivity index (χ2v) is 5.12. The van der Waals surface area contributed by atoms with Gasteiger partial charge in [-0.2, -0.15) is 0 Å². The van der Waals surface area contributed by atoms with E-state index in [9.17, 15) is 4.79 Å². The van der Waals surface area contributed by atoms with E-state index < -0.39 is 5.97 Å². The summed E-state index contributed by atoms with van der Waals surface area (Å²) in [7, 11) is 1.28. The van der Waals surface area contributed by atoms with Crippen molar-refractivity contribution in [3.05, 3.63) is 45.6 Å². The lowest BCUT2D eigenvalue weighted by Crippen LogP contribution is -2.09. The number of nitrogens with zero attached hydrogens (tertiary/aromatic N) is 1. The molecule has 0 saturated carbocycles. The Morgan fingerprint density at radius 1 is 1.38 bits per heavy atom. The molecule has 21 heavy (non-hydrogen) atoms. The van der Waals surface area contributed by atoms with Crippen molar-refractivity contribution < 1.29 is 9.53 Å². The molecule has 0 bridgehead atoms. The summed E-state index contributed by atoms with van der Waals surface area (Å²) >= 11 is 12.4. The number of hydrogen-bond acceptors (Lipinski definition) is 5. The van der Waals surface area contributed by atoms with Gasteiger partial charge in [-0.15, -0.1) is 0 Å². The maximum absolute atomic E-state index is 11.8. The monoisotopic (exact) mass is 325 g/mol. The zero-order valence-corrected chi connectivity index (χ0v) is 12.9. The van der Waals surface area contributed by atoms with Crippen LogP contribution in [0.2, 0.25) is 10.0 Å². The third kappa shape index (κ3) is 3.20. The number of anilines is 3. The van der Waals surface area contributed by atoms with Crippen LogP contribution in [-0.4, -0.2) is 18.1 Å². The molecule has 1 aromatic heterocycles. The van der Waals surface area contributed by atoms with Crippen LogP contribution in [0.1, 0.15) is 15.9 Å². The van der Waals surface area contributed by atoms with Gasteiger partial charge in [0.25, 0.3) is 0 Å². The number of rotatable bonds is 3. The number of hydrogen-bond donors (Lipinski definition) is 2. The minimum Gasteiger partial charge on any atom is -0.465 e. The molecule has 0 atom stereocenters. The molecular formula is C14H13Cl2N3O2. The first-order valence-electron chi connectivity index (χ1n) is 5.99. The average molecular weight is 326 g/mol. The van der Waals surface area contributed by atoms with Crippen LogP contribution in [0.3, 0.4) is 0 Å². The largest absolute Gasteiger partial charge is 0.465 e. The molecule has 0 unspecified atom stereocenters. The Morgan fingerprint density at radius 3 is 2.76 bits per heavy atom. The van der Waals surface area contributed by atoms with Gasteiger partial charge in [0.1, 0.15) is 11.4 Å². The summed E-state index contributed by atoms with van der Waals surface area (Å²) in [5.74, 6) is -0.289. The van der Waals surface area contributed by atoms with Gasteiger partial charge in [0.05, 0.1) is 34.7 Å². The lowest BCUT2D eigenvalue weighted by atomic mass is 10.2. The fraction of sp³-hybridized carbons (Fsp3) is 0.143. The number of carbonyl (C=O) groups is 1. The lowest BCUT2D eigenvalue weighted by molar-refractivity contribution is 0.0601. The Labute approximate surface area is 132 Å². The zero-order valence-electron chi connectivity index (χ0n) is 11.4. The summed E-state index contributed by atoms with van der Waals surface area (Å²) in [5, 5.41) is 3.83. The predicted molar refractivity (Wildman–Crippen MR) is 84.5 cm³/mol. The molecule has 2 rings (SSSR count). The Kier molecular flexibility index (Phi) is 4.55. The van der Waals surface area contributed by atoms with Crippen LogP contribution in [-0.2, 0) is 4.74 Å². The van der Waals surface area contributed by atoms with Crippen LogP contribution in [0.15, 0.2) is 24.4 Å².